The molecule has 6 heteroatoms. The van der Waals surface area contributed by atoms with Gasteiger partial charge in [0.05, 0.1) is 5.41 Å². The number of nitrogens with one attached hydrogen (secondary N) is 1. The van der Waals surface area contributed by atoms with E-state index >= 15 is 0 Å². The molecule has 2 aromatic rings. The standard InChI is InChI=1S/C18H17F2NO3/c1-18(2,12-6-4-3-5-7-12)17(23)24-11-16(22)21-15-9-13(19)8-14(20)10-15/h3-10H,11H2,1-2H3,(H,21,22). The third-order valence-corrected chi connectivity index (χ3v) is 3.49. The molecule has 0 bridgehead atoms. The van der Waals surface area contributed by atoms with Crippen LogP contribution in [0.25, 0.3) is 0 Å². The number of anilines is 1. The molecule has 2 rings (SSSR count). The van der Waals surface area contributed by atoms with Crippen LogP contribution in [0.3, 0.4) is 0 Å². The van der Waals surface area contributed by atoms with Gasteiger partial charge in [-0.25, -0.2) is 8.78 Å². The van der Waals surface area contributed by atoms with E-state index < -0.39 is 35.5 Å². The van der Waals surface area contributed by atoms with Crippen molar-refractivity contribution in [3.05, 3.63) is 65.7 Å². The molecule has 1 N–H and O–H groups in total. The van der Waals surface area contributed by atoms with E-state index in [9.17, 15) is 18.4 Å². The summed E-state index contributed by atoms with van der Waals surface area (Å²) in [4.78, 5) is 24.0. The molecule has 0 heterocycles. The van der Waals surface area contributed by atoms with E-state index in [4.69, 9.17) is 4.74 Å². The maximum atomic E-state index is 13.1. The number of esters is 1. The number of halogens is 2. The van der Waals surface area contributed by atoms with Crippen LogP contribution in [0.5, 0.6) is 0 Å². The van der Waals surface area contributed by atoms with E-state index in [0.717, 1.165) is 17.7 Å². The van der Waals surface area contributed by atoms with Gasteiger partial charge in [-0.3, -0.25) is 9.59 Å². The summed E-state index contributed by atoms with van der Waals surface area (Å²) in [6.07, 6.45) is 0. The highest BCUT2D eigenvalue weighted by Gasteiger charge is 2.31. The highest BCUT2D eigenvalue weighted by Crippen LogP contribution is 2.24. The fourth-order valence-corrected chi connectivity index (χ4v) is 2.11. The first-order valence-electron chi connectivity index (χ1n) is 7.28. The number of carbonyl (C=O) groups excluding carboxylic acids is 2. The molecule has 0 spiro atoms. The van der Waals surface area contributed by atoms with Gasteiger partial charge in [0.15, 0.2) is 6.61 Å². The third-order valence-electron chi connectivity index (χ3n) is 3.49. The van der Waals surface area contributed by atoms with Crippen molar-refractivity contribution < 1.29 is 23.1 Å². The highest BCUT2D eigenvalue weighted by molar-refractivity contribution is 5.93. The zero-order valence-electron chi connectivity index (χ0n) is 13.3. The molecule has 4 nitrogen and oxygen atoms in total. The van der Waals surface area contributed by atoms with Gasteiger partial charge >= 0.3 is 5.97 Å². The average Bonchev–Trinajstić information content (AvgIpc) is 2.52. The van der Waals surface area contributed by atoms with Crippen LogP contribution in [0, 0.1) is 11.6 Å². The van der Waals surface area contributed by atoms with Crippen molar-refractivity contribution in [2.24, 2.45) is 0 Å². The van der Waals surface area contributed by atoms with Crippen LogP contribution in [0.15, 0.2) is 48.5 Å². The Morgan fingerprint density at radius 2 is 1.62 bits per heavy atom. The Kier molecular flexibility index (Phi) is 5.28. The van der Waals surface area contributed by atoms with E-state index in [2.05, 4.69) is 5.32 Å². The van der Waals surface area contributed by atoms with Gasteiger partial charge in [0.2, 0.25) is 0 Å². The van der Waals surface area contributed by atoms with E-state index in [-0.39, 0.29) is 5.69 Å². The van der Waals surface area contributed by atoms with E-state index in [1.54, 1.807) is 38.1 Å². The third kappa shape index (κ3) is 4.38. The first-order valence-corrected chi connectivity index (χ1v) is 7.28. The quantitative estimate of drug-likeness (QED) is 0.853. The molecule has 2 aromatic carbocycles. The van der Waals surface area contributed by atoms with Gasteiger partial charge in [0.1, 0.15) is 11.6 Å². The summed E-state index contributed by atoms with van der Waals surface area (Å²) in [5.41, 5.74) is -0.217. The zero-order chi connectivity index (χ0) is 17.7. The van der Waals surface area contributed by atoms with Crippen LogP contribution < -0.4 is 5.32 Å². The Morgan fingerprint density at radius 1 is 1.04 bits per heavy atom. The van der Waals surface area contributed by atoms with Gasteiger partial charge in [0, 0.05) is 11.8 Å². The minimum Gasteiger partial charge on any atom is -0.455 e. The molecule has 0 aromatic heterocycles. The summed E-state index contributed by atoms with van der Waals surface area (Å²) in [7, 11) is 0. The first-order chi connectivity index (χ1) is 11.3. The summed E-state index contributed by atoms with van der Waals surface area (Å²) >= 11 is 0. The second-order valence-corrected chi connectivity index (χ2v) is 5.77. The second-order valence-electron chi connectivity index (χ2n) is 5.77. The van der Waals surface area contributed by atoms with E-state index in [1.807, 2.05) is 6.07 Å². The number of ether oxygens (including phenoxy) is 1. The summed E-state index contributed by atoms with van der Waals surface area (Å²) in [6, 6.07) is 11.6. The number of hydrogen-bond donors (Lipinski definition) is 1. The predicted molar refractivity (Wildman–Crippen MR) is 85.4 cm³/mol. The Bertz CT molecular complexity index is 725. The van der Waals surface area contributed by atoms with Gasteiger partial charge in [0.25, 0.3) is 5.91 Å². The lowest BCUT2D eigenvalue weighted by Gasteiger charge is -2.22. The van der Waals surface area contributed by atoms with Crippen LogP contribution in [0.2, 0.25) is 0 Å². The molecule has 126 valence electrons. The van der Waals surface area contributed by atoms with Crippen molar-refractivity contribution in [1.29, 1.82) is 0 Å². The zero-order valence-corrected chi connectivity index (χ0v) is 13.3. The molecule has 0 saturated carbocycles. The Hall–Kier alpha value is -2.76. The van der Waals surface area contributed by atoms with Crippen LogP contribution >= 0.6 is 0 Å². The average molecular weight is 333 g/mol. The van der Waals surface area contributed by atoms with Crippen molar-refractivity contribution in [3.8, 4) is 0 Å². The van der Waals surface area contributed by atoms with Crippen LogP contribution in [0.1, 0.15) is 19.4 Å². The molecule has 0 aliphatic rings. The van der Waals surface area contributed by atoms with Gasteiger partial charge in [-0.2, -0.15) is 0 Å². The minimum atomic E-state index is -0.924. The van der Waals surface area contributed by atoms with Crippen molar-refractivity contribution in [1.82, 2.24) is 0 Å². The summed E-state index contributed by atoms with van der Waals surface area (Å²) in [6.45, 7) is 2.82. The summed E-state index contributed by atoms with van der Waals surface area (Å²) in [5.74, 6) is -2.88. The molecular weight excluding hydrogens is 316 g/mol. The molecule has 24 heavy (non-hydrogen) atoms. The molecule has 0 fully saturated rings. The van der Waals surface area contributed by atoms with Gasteiger partial charge in [-0.15, -0.1) is 0 Å². The molecule has 0 saturated heterocycles. The van der Waals surface area contributed by atoms with Gasteiger partial charge in [-0.1, -0.05) is 30.3 Å². The van der Waals surface area contributed by atoms with Crippen LogP contribution in [-0.4, -0.2) is 18.5 Å². The fourth-order valence-electron chi connectivity index (χ4n) is 2.11. The largest absolute Gasteiger partial charge is 0.455 e. The maximum Gasteiger partial charge on any atom is 0.316 e. The summed E-state index contributed by atoms with van der Waals surface area (Å²) < 4.78 is 31.1. The maximum absolute atomic E-state index is 13.1. The lowest BCUT2D eigenvalue weighted by atomic mass is 9.85. The van der Waals surface area contributed by atoms with Gasteiger partial charge < -0.3 is 10.1 Å². The summed E-state index contributed by atoms with van der Waals surface area (Å²) in [5, 5.41) is 2.27. The molecule has 0 radical (unpaired) electrons. The van der Waals surface area contributed by atoms with Crippen molar-refractivity contribution in [2.75, 3.05) is 11.9 Å². The van der Waals surface area contributed by atoms with Gasteiger partial charge in [-0.05, 0) is 31.5 Å². The second kappa shape index (κ2) is 7.21. The first kappa shape index (κ1) is 17.6. The number of amides is 1. The SMILES string of the molecule is CC(C)(C(=O)OCC(=O)Nc1cc(F)cc(F)c1)c1ccccc1. The van der Waals surface area contributed by atoms with Crippen molar-refractivity contribution >= 4 is 17.6 Å². The minimum absolute atomic E-state index is 0.0455. The van der Waals surface area contributed by atoms with Crippen molar-refractivity contribution in [3.63, 3.8) is 0 Å². The topological polar surface area (TPSA) is 55.4 Å². The molecule has 0 aliphatic heterocycles. The smallest absolute Gasteiger partial charge is 0.316 e. The fraction of sp³-hybridized carbons (Fsp3) is 0.222. The van der Waals surface area contributed by atoms with Crippen LogP contribution in [0.4, 0.5) is 14.5 Å². The van der Waals surface area contributed by atoms with E-state index in [0.29, 0.717) is 6.07 Å². The number of rotatable bonds is 5. The number of benzene rings is 2. The molecule has 1 amide bonds. The monoisotopic (exact) mass is 333 g/mol. The molecular formula is C18H17F2NO3. The number of carbonyl (C=O) groups is 2. The van der Waals surface area contributed by atoms with Crippen LogP contribution in [-0.2, 0) is 19.7 Å². The van der Waals surface area contributed by atoms with E-state index in [1.165, 1.54) is 0 Å². The molecule has 0 aliphatic carbocycles. The lowest BCUT2D eigenvalue weighted by Crippen LogP contribution is -2.33. The lowest BCUT2D eigenvalue weighted by molar-refractivity contribution is -0.152. The Labute approximate surface area is 138 Å². The molecule has 0 atom stereocenters. The predicted octanol–water partition coefficient (Wildman–Crippen LogP) is 3.42. The Balaban J connectivity index is 1.95. The Morgan fingerprint density at radius 3 is 2.21 bits per heavy atom. The normalized spacial score (nSPS) is 11.0. The highest BCUT2D eigenvalue weighted by atomic mass is 19.1. The molecule has 0 unspecified atom stereocenters. The van der Waals surface area contributed by atoms with Crippen molar-refractivity contribution in [2.45, 2.75) is 19.3 Å². The number of hydrogen-bond acceptors (Lipinski definition) is 3.